The summed E-state index contributed by atoms with van der Waals surface area (Å²) < 4.78 is 6.24. The highest BCUT2D eigenvalue weighted by molar-refractivity contribution is 9.10. The van der Waals surface area contributed by atoms with Crippen molar-refractivity contribution in [2.24, 2.45) is 5.10 Å². The molecule has 1 amide bonds. The van der Waals surface area contributed by atoms with Gasteiger partial charge in [-0.1, -0.05) is 39.7 Å². The van der Waals surface area contributed by atoms with Crippen LogP contribution in [0.15, 0.2) is 46.0 Å². The van der Waals surface area contributed by atoms with Gasteiger partial charge < -0.3 is 9.84 Å². The van der Waals surface area contributed by atoms with E-state index < -0.39 is 0 Å². The van der Waals surface area contributed by atoms with Crippen LogP contribution in [0.5, 0.6) is 11.5 Å². The molecule has 2 rings (SSSR count). The molecule has 24 heavy (non-hydrogen) atoms. The van der Waals surface area contributed by atoms with Crippen LogP contribution < -0.4 is 10.2 Å². The van der Waals surface area contributed by atoms with E-state index in [0.717, 1.165) is 10.0 Å². The van der Waals surface area contributed by atoms with Crippen LogP contribution >= 0.6 is 27.5 Å². The first-order chi connectivity index (χ1) is 11.5. The van der Waals surface area contributed by atoms with Gasteiger partial charge in [0.2, 0.25) is 5.91 Å². The molecule has 0 atom stereocenters. The topological polar surface area (TPSA) is 70.9 Å². The van der Waals surface area contributed by atoms with Gasteiger partial charge in [-0.25, -0.2) is 5.43 Å². The Bertz CT molecular complexity index is 748. The fourth-order valence-electron chi connectivity index (χ4n) is 1.94. The smallest absolute Gasteiger partial charge is 0.244 e. The van der Waals surface area contributed by atoms with E-state index in [1.807, 2.05) is 24.3 Å². The Kier molecular flexibility index (Phi) is 6.63. The fraction of sp³-hybridized carbons (Fsp3) is 0.176. The molecule has 126 valence electrons. The highest BCUT2D eigenvalue weighted by atomic mass is 79.9. The molecule has 0 radical (unpaired) electrons. The third-order valence-corrected chi connectivity index (χ3v) is 3.85. The number of amides is 1. The van der Waals surface area contributed by atoms with E-state index >= 15 is 0 Å². The molecule has 0 aliphatic rings. The van der Waals surface area contributed by atoms with Gasteiger partial charge in [0.15, 0.2) is 11.5 Å². The van der Waals surface area contributed by atoms with E-state index in [0.29, 0.717) is 12.2 Å². The number of rotatable bonds is 6. The summed E-state index contributed by atoms with van der Waals surface area (Å²) in [7, 11) is 0. The number of hydrogen-bond acceptors (Lipinski definition) is 4. The summed E-state index contributed by atoms with van der Waals surface area (Å²) in [6.07, 6.45) is 1.67. The van der Waals surface area contributed by atoms with E-state index in [1.165, 1.54) is 12.3 Å². The van der Waals surface area contributed by atoms with Gasteiger partial charge in [0.1, 0.15) is 0 Å². The largest absolute Gasteiger partial charge is 0.503 e. The number of phenolic OH excluding ortho intramolecular Hbond substituents is 1. The molecule has 0 saturated heterocycles. The van der Waals surface area contributed by atoms with Crippen LogP contribution in [0.4, 0.5) is 0 Å². The number of aromatic hydroxyl groups is 1. The minimum Gasteiger partial charge on any atom is -0.503 e. The molecule has 0 aliphatic heterocycles. The molecule has 2 aromatic carbocycles. The standard InChI is InChI=1S/C17H16BrClN2O3/c1-2-24-15-8-12(7-14(19)17(15)23)10-20-21-16(22)9-11-3-5-13(18)6-4-11/h3-8,10,23H,2,9H2,1H3,(H,21,22)/b20-10-. The lowest BCUT2D eigenvalue weighted by molar-refractivity contribution is -0.120. The summed E-state index contributed by atoms with van der Waals surface area (Å²) in [6.45, 7) is 2.20. The molecule has 7 heteroatoms. The van der Waals surface area contributed by atoms with Crippen LogP contribution in [0.3, 0.4) is 0 Å². The summed E-state index contributed by atoms with van der Waals surface area (Å²) in [5.74, 6) is -0.0777. The van der Waals surface area contributed by atoms with Gasteiger partial charge in [0.25, 0.3) is 0 Å². The van der Waals surface area contributed by atoms with Crippen molar-refractivity contribution in [1.82, 2.24) is 5.43 Å². The fourth-order valence-corrected chi connectivity index (χ4v) is 2.42. The van der Waals surface area contributed by atoms with Crippen molar-refractivity contribution in [2.45, 2.75) is 13.3 Å². The molecule has 0 unspecified atom stereocenters. The maximum absolute atomic E-state index is 11.9. The van der Waals surface area contributed by atoms with Gasteiger partial charge in [-0.3, -0.25) is 4.79 Å². The number of hydrazone groups is 1. The minimum absolute atomic E-state index is 0.116. The summed E-state index contributed by atoms with van der Waals surface area (Å²) >= 11 is 9.28. The van der Waals surface area contributed by atoms with Crippen molar-refractivity contribution in [1.29, 1.82) is 0 Å². The van der Waals surface area contributed by atoms with Crippen molar-refractivity contribution in [3.63, 3.8) is 0 Å². The predicted molar refractivity (Wildman–Crippen MR) is 97.9 cm³/mol. The van der Waals surface area contributed by atoms with Crippen molar-refractivity contribution in [3.8, 4) is 11.5 Å². The Balaban J connectivity index is 1.98. The zero-order chi connectivity index (χ0) is 17.5. The van der Waals surface area contributed by atoms with Crippen molar-refractivity contribution in [3.05, 3.63) is 57.0 Å². The molecule has 0 bridgehead atoms. The molecule has 0 saturated carbocycles. The first-order valence-corrected chi connectivity index (χ1v) is 8.38. The number of carbonyl (C=O) groups is 1. The molecule has 0 spiro atoms. The Morgan fingerprint density at radius 1 is 1.38 bits per heavy atom. The van der Waals surface area contributed by atoms with Crippen LogP contribution in [0.2, 0.25) is 5.02 Å². The second-order valence-corrected chi connectivity index (χ2v) is 6.20. The Labute approximate surface area is 153 Å². The monoisotopic (exact) mass is 410 g/mol. The highest BCUT2D eigenvalue weighted by Crippen LogP contribution is 2.34. The molecular weight excluding hydrogens is 396 g/mol. The maximum Gasteiger partial charge on any atom is 0.244 e. The third-order valence-electron chi connectivity index (χ3n) is 3.03. The summed E-state index contributed by atoms with van der Waals surface area (Å²) in [6, 6.07) is 10.6. The van der Waals surface area contributed by atoms with Gasteiger partial charge in [0, 0.05) is 4.47 Å². The van der Waals surface area contributed by atoms with E-state index in [1.54, 1.807) is 13.0 Å². The number of carbonyl (C=O) groups excluding carboxylic acids is 1. The van der Waals surface area contributed by atoms with Crippen molar-refractivity contribution in [2.75, 3.05) is 6.61 Å². The Hall–Kier alpha value is -2.05. The second kappa shape index (κ2) is 8.70. The van der Waals surface area contributed by atoms with Gasteiger partial charge in [0.05, 0.1) is 24.3 Å². The number of ether oxygens (including phenoxy) is 1. The molecule has 0 fully saturated rings. The summed E-state index contributed by atoms with van der Waals surface area (Å²) in [5.41, 5.74) is 3.94. The second-order valence-electron chi connectivity index (χ2n) is 4.88. The lowest BCUT2D eigenvalue weighted by Crippen LogP contribution is -2.19. The normalized spacial score (nSPS) is 10.8. The molecule has 0 aromatic heterocycles. The highest BCUT2D eigenvalue weighted by Gasteiger charge is 2.08. The number of benzene rings is 2. The molecule has 2 N–H and O–H groups in total. The Morgan fingerprint density at radius 2 is 2.08 bits per heavy atom. The first kappa shape index (κ1) is 18.3. The van der Waals surface area contributed by atoms with E-state index in [9.17, 15) is 9.90 Å². The lowest BCUT2D eigenvalue weighted by Gasteiger charge is -2.08. The van der Waals surface area contributed by atoms with Crippen LogP contribution in [-0.4, -0.2) is 23.8 Å². The first-order valence-electron chi connectivity index (χ1n) is 7.21. The SMILES string of the molecule is CCOc1cc(/C=N\NC(=O)Cc2ccc(Br)cc2)cc(Cl)c1O. The van der Waals surface area contributed by atoms with Gasteiger partial charge in [-0.05, 0) is 42.3 Å². The zero-order valence-electron chi connectivity index (χ0n) is 12.9. The average molecular weight is 412 g/mol. The number of halogens is 2. The summed E-state index contributed by atoms with van der Waals surface area (Å²) in [5, 5.41) is 13.8. The number of nitrogens with one attached hydrogen (secondary N) is 1. The lowest BCUT2D eigenvalue weighted by atomic mass is 10.1. The predicted octanol–water partition coefficient (Wildman–Crippen LogP) is 3.90. The van der Waals surface area contributed by atoms with Crippen LogP contribution in [0, 0.1) is 0 Å². The number of phenols is 1. The molecular formula is C17H16BrClN2O3. The molecule has 0 aliphatic carbocycles. The minimum atomic E-state index is -0.233. The maximum atomic E-state index is 11.9. The third kappa shape index (κ3) is 5.25. The van der Waals surface area contributed by atoms with Gasteiger partial charge in [-0.2, -0.15) is 5.10 Å². The number of hydrogen-bond donors (Lipinski definition) is 2. The van der Waals surface area contributed by atoms with Crippen molar-refractivity contribution < 1.29 is 14.6 Å². The number of nitrogens with zero attached hydrogens (tertiary/aromatic N) is 1. The van der Waals surface area contributed by atoms with E-state index in [-0.39, 0.29) is 28.8 Å². The van der Waals surface area contributed by atoms with E-state index in [4.69, 9.17) is 16.3 Å². The van der Waals surface area contributed by atoms with Crippen LogP contribution in [0.1, 0.15) is 18.1 Å². The summed E-state index contributed by atoms with van der Waals surface area (Å²) in [4.78, 5) is 11.9. The molecule has 5 nitrogen and oxygen atoms in total. The average Bonchev–Trinajstić information content (AvgIpc) is 2.54. The van der Waals surface area contributed by atoms with Crippen LogP contribution in [0.25, 0.3) is 0 Å². The van der Waals surface area contributed by atoms with Gasteiger partial charge in [-0.15, -0.1) is 0 Å². The molecule has 0 heterocycles. The molecule has 2 aromatic rings. The van der Waals surface area contributed by atoms with Crippen molar-refractivity contribution >= 4 is 39.7 Å². The quantitative estimate of drug-likeness (QED) is 0.559. The van der Waals surface area contributed by atoms with Gasteiger partial charge >= 0.3 is 0 Å². The van der Waals surface area contributed by atoms with E-state index in [2.05, 4.69) is 26.5 Å². The van der Waals surface area contributed by atoms with Crippen LogP contribution in [-0.2, 0) is 11.2 Å². The Morgan fingerprint density at radius 3 is 2.75 bits per heavy atom. The zero-order valence-corrected chi connectivity index (χ0v) is 15.3.